The minimum Gasteiger partial charge on any atom is -0.504 e. The van der Waals surface area contributed by atoms with Crippen LogP contribution in [0.5, 0.6) is 11.5 Å². The molecule has 1 amide bonds. The number of nitro benzene ring substituents is 1. The highest BCUT2D eigenvalue weighted by atomic mass is 16.6. The Morgan fingerprint density at radius 3 is 2.15 bits per heavy atom. The summed E-state index contributed by atoms with van der Waals surface area (Å²) in [6, 6.07) is 3.75. The van der Waals surface area contributed by atoms with Crippen molar-refractivity contribution in [1.29, 1.82) is 5.26 Å². The van der Waals surface area contributed by atoms with E-state index in [0.717, 1.165) is 18.2 Å². The number of carbonyl (C=O) groups excluding carboxylic acids is 1. The summed E-state index contributed by atoms with van der Waals surface area (Å²) in [4.78, 5) is 32.0. The Hall–Kier alpha value is -3.81. The Morgan fingerprint density at radius 1 is 1.27 bits per heavy atom. The van der Waals surface area contributed by atoms with Gasteiger partial charge in [0.05, 0.1) is 4.92 Å². The molecule has 0 radical (unpaired) electrons. The van der Waals surface area contributed by atoms with Crippen LogP contribution in [0.3, 0.4) is 0 Å². The molecule has 0 heterocycles. The summed E-state index contributed by atoms with van der Waals surface area (Å²) in [5.41, 5.74) is -0.860. The summed E-state index contributed by atoms with van der Waals surface area (Å²) in [5, 5.41) is 52.7. The molecule has 4 N–H and O–H groups in total. The van der Waals surface area contributed by atoms with Crippen LogP contribution < -0.4 is 0 Å². The topological polar surface area (TPSA) is 185 Å². The van der Waals surface area contributed by atoms with Crippen LogP contribution in [-0.4, -0.2) is 55.4 Å². The summed E-state index contributed by atoms with van der Waals surface area (Å²) in [6.07, 6.45) is -0.702. The first-order valence-electron chi connectivity index (χ1n) is 7.12. The number of phenols is 2. The number of carboxylic acid groups (broad SMARTS) is 2. The zero-order valence-electron chi connectivity index (χ0n) is 13.9. The molecular formula is C15H17N3O8. The second-order valence-electron chi connectivity index (χ2n) is 4.59. The molecule has 11 nitrogen and oxygen atoms in total. The molecule has 0 aliphatic carbocycles. The Kier molecular flexibility index (Phi) is 8.65. The van der Waals surface area contributed by atoms with Gasteiger partial charge in [-0.3, -0.25) is 14.9 Å². The first-order chi connectivity index (χ1) is 12.1. The Balaban J connectivity index is 0.00000141. The van der Waals surface area contributed by atoms with Gasteiger partial charge in [0, 0.05) is 19.2 Å². The molecule has 140 valence electrons. The van der Waals surface area contributed by atoms with E-state index in [0.29, 0.717) is 13.1 Å². The van der Waals surface area contributed by atoms with E-state index < -0.39 is 34.2 Å². The van der Waals surface area contributed by atoms with E-state index in [1.807, 2.05) is 0 Å². The zero-order valence-corrected chi connectivity index (χ0v) is 13.9. The van der Waals surface area contributed by atoms with Gasteiger partial charge in [0.2, 0.25) is 5.75 Å². The molecule has 0 atom stereocenters. The van der Waals surface area contributed by atoms with Crippen molar-refractivity contribution in [3.05, 3.63) is 33.4 Å². The van der Waals surface area contributed by atoms with E-state index in [4.69, 9.17) is 20.3 Å². The lowest BCUT2D eigenvalue weighted by atomic mass is 10.1. The van der Waals surface area contributed by atoms with Crippen LogP contribution in [0.4, 0.5) is 10.5 Å². The monoisotopic (exact) mass is 367 g/mol. The number of nitro groups is 1. The summed E-state index contributed by atoms with van der Waals surface area (Å²) < 4.78 is 0. The van der Waals surface area contributed by atoms with E-state index in [1.54, 1.807) is 19.9 Å². The van der Waals surface area contributed by atoms with Gasteiger partial charge < -0.3 is 25.3 Å². The van der Waals surface area contributed by atoms with Gasteiger partial charge in [-0.2, -0.15) is 5.26 Å². The van der Waals surface area contributed by atoms with E-state index in [-0.39, 0.29) is 11.1 Å². The van der Waals surface area contributed by atoms with Crippen molar-refractivity contribution < 1.29 is 34.9 Å². The number of phenolic OH excluding ortho intramolecular Hbond substituents is 2. The molecule has 0 unspecified atom stereocenters. The number of aromatic hydroxyl groups is 2. The molecule has 0 aromatic heterocycles. The number of nitriles is 1. The lowest BCUT2D eigenvalue weighted by Crippen LogP contribution is -2.31. The molecule has 1 aromatic carbocycles. The molecule has 1 aromatic rings. The number of rotatable bonds is 5. The van der Waals surface area contributed by atoms with Gasteiger partial charge in [-0.1, -0.05) is 0 Å². The van der Waals surface area contributed by atoms with Gasteiger partial charge in [0.15, 0.2) is 5.75 Å². The second-order valence-corrected chi connectivity index (χ2v) is 4.59. The van der Waals surface area contributed by atoms with E-state index in [2.05, 4.69) is 0 Å². The molecule has 1 rings (SSSR count). The van der Waals surface area contributed by atoms with Crippen LogP contribution in [-0.2, 0) is 4.79 Å². The first kappa shape index (κ1) is 22.2. The number of hydrogen-bond donors (Lipinski definition) is 4. The number of benzene rings is 1. The highest BCUT2D eigenvalue weighted by molar-refractivity contribution is 6.01. The summed E-state index contributed by atoms with van der Waals surface area (Å²) in [7, 11) is 0. The molecular weight excluding hydrogens is 350 g/mol. The van der Waals surface area contributed by atoms with E-state index in [1.165, 1.54) is 4.90 Å². The molecule has 0 saturated carbocycles. The largest absolute Gasteiger partial charge is 0.504 e. The molecule has 26 heavy (non-hydrogen) atoms. The Labute approximate surface area is 147 Å². The van der Waals surface area contributed by atoms with Crippen LogP contribution in [0.15, 0.2) is 17.7 Å². The van der Waals surface area contributed by atoms with Gasteiger partial charge in [-0.15, -0.1) is 0 Å². The predicted molar refractivity (Wildman–Crippen MR) is 88.6 cm³/mol. The standard InChI is InChI=1S/C14H15N3O5.CH2O3/c1-3-16(4-2)14(20)10(8-15)5-9-6-11(17(21)22)13(19)12(18)7-9;2-1(3)4/h5-7,18-19H,3-4H2,1-2H3;(H2,2,3,4). The maximum absolute atomic E-state index is 12.1. The average molecular weight is 367 g/mol. The van der Waals surface area contributed by atoms with Crippen molar-refractivity contribution in [2.24, 2.45) is 0 Å². The quantitative estimate of drug-likeness (QED) is 0.198. The fourth-order valence-electron chi connectivity index (χ4n) is 1.84. The molecule has 0 spiro atoms. The molecule has 0 saturated heterocycles. The second kappa shape index (κ2) is 10.1. The van der Waals surface area contributed by atoms with Gasteiger partial charge in [0.1, 0.15) is 11.6 Å². The smallest absolute Gasteiger partial charge is 0.503 e. The minimum atomic E-state index is -1.83. The van der Waals surface area contributed by atoms with Crippen LogP contribution in [0.2, 0.25) is 0 Å². The van der Waals surface area contributed by atoms with Gasteiger partial charge >= 0.3 is 11.8 Å². The third-order valence-corrected chi connectivity index (χ3v) is 3.00. The summed E-state index contributed by atoms with van der Waals surface area (Å²) in [5.74, 6) is -2.08. The number of amides is 1. The molecule has 0 fully saturated rings. The minimum absolute atomic E-state index is 0.0686. The lowest BCUT2D eigenvalue weighted by Gasteiger charge is -2.17. The lowest BCUT2D eigenvalue weighted by molar-refractivity contribution is -0.386. The van der Waals surface area contributed by atoms with Crippen LogP contribution in [0.25, 0.3) is 6.08 Å². The zero-order chi connectivity index (χ0) is 20.4. The van der Waals surface area contributed by atoms with Crippen molar-refractivity contribution in [2.75, 3.05) is 13.1 Å². The highest BCUT2D eigenvalue weighted by Crippen LogP contribution is 2.36. The SMILES string of the molecule is CCN(CC)C(=O)C(C#N)=Cc1cc(O)c(O)c([N+](=O)[O-])c1.O=C(O)O. The maximum Gasteiger partial charge on any atom is 0.503 e. The third kappa shape index (κ3) is 6.36. The summed E-state index contributed by atoms with van der Waals surface area (Å²) >= 11 is 0. The first-order valence-corrected chi connectivity index (χ1v) is 7.12. The van der Waals surface area contributed by atoms with Gasteiger partial charge in [-0.05, 0) is 31.6 Å². The highest BCUT2D eigenvalue weighted by Gasteiger charge is 2.20. The number of hydrogen-bond acceptors (Lipinski definition) is 7. The van der Waals surface area contributed by atoms with Crippen molar-refractivity contribution in [1.82, 2.24) is 4.90 Å². The predicted octanol–water partition coefficient (Wildman–Crippen LogP) is 2.00. The van der Waals surface area contributed by atoms with E-state index >= 15 is 0 Å². The Morgan fingerprint density at radius 2 is 1.77 bits per heavy atom. The summed E-state index contributed by atoms with van der Waals surface area (Å²) in [6.45, 7) is 4.34. The molecule has 0 aliphatic rings. The van der Waals surface area contributed by atoms with Crippen LogP contribution in [0, 0.1) is 21.4 Å². The van der Waals surface area contributed by atoms with Gasteiger partial charge in [-0.25, -0.2) is 4.79 Å². The van der Waals surface area contributed by atoms with Crippen molar-refractivity contribution in [3.8, 4) is 17.6 Å². The van der Waals surface area contributed by atoms with Crippen molar-refractivity contribution in [3.63, 3.8) is 0 Å². The fourth-order valence-corrected chi connectivity index (χ4v) is 1.84. The van der Waals surface area contributed by atoms with Crippen molar-refractivity contribution >= 4 is 23.8 Å². The molecule has 0 bridgehead atoms. The third-order valence-electron chi connectivity index (χ3n) is 3.00. The fraction of sp³-hybridized carbons (Fsp3) is 0.267. The van der Waals surface area contributed by atoms with Crippen molar-refractivity contribution in [2.45, 2.75) is 13.8 Å². The normalized spacial score (nSPS) is 10.1. The van der Waals surface area contributed by atoms with E-state index in [9.17, 15) is 25.1 Å². The van der Waals surface area contributed by atoms with Crippen LogP contribution in [0.1, 0.15) is 19.4 Å². The van der Waals surface area contributed by atoms with Gasteiger partial charge in [0.25, 0.3) is 5.91 Å². The molecule has 11 heteroatoms. The number of likely N-dealkylation sites (N-methyl/N-ethyl adjacent to an activating group) is 1. The van der Waals surface area contributed by atoms with Crippen LogP contribution >= 0.6 is 0 Å². The number of nitrogens with zero attached hydrogens (tertiary/aromatic N) is 3. The molecule has 0 aliphatic heterocycles. The average Bonchev–Trinajstić information content (AvgIpc) is 2.55. The number of carbonyl (C=O) groups is 2. The maximum atomic E-state index is 12.1. The Bertz CT molecular complexity index is 759.